The molecule has 1 aliphatic rings. The normalized spacial score (nSPS) is 16.8. The van der Waals surface area contributed by atoms with Crippen molar-refractivity contribution in [3.05, 3.63) is 43.5 Å². The van der Waals surface area contributed by atoms with Crippen molar-refractivity contribution >= 4 is 5.71 Å². The van der Waals surface area contributed by atoms with Crippen molar-refractivity contribution in [1.82, 2.24) is 0 Å². The number of rotatable bonds is 0. The molecule has 0 aromatic carbocycles. The Kier molecular flexibility index (Phi) is 2.02. The molecule has 0 saturated carbocycles. The van der Waals surface area contributed by atoms with E-state index in [0.29, 0.717) is 0 Å². The topological polar surface area (TPSA) is 12.4 Å². The fraction of sp³-hybridized carbons (Fsp3) is 0. The van der Waals surface area contributed by atoms with Gasteiger partial charge in [-0.25, -0.2) is 0 Å². The molecular weight excluding hydrogens is 110 g/mol. The molecule has 0 atom stereocenters. The lowest BCUT2D eigenvalue weighted by Gasteiger charge is -1.86. The summed E-state index contributed by atoms with van der Waals surface area (Å²) in [5, 5.41) is 0. The molecule has 1 rings (SSSR count). The largest absolute Gasteiger partial charge is 0.261 e. The molecule has 1 aliphatic heterocycles. The van der Waals surface area contributed by atoms with E-state index in [1.165, 1.54) is 0 Å². The molecule has 0 bridgehead atoms. The summed E-state index contributed by atoms with van der Waals surface area (Å²) in [7, 11) is 0. The Bertz CT molecular complexity index is 195. The fourth-order valence-corrected chi connectivity index (χ4v) is 0.526. The number of allylic oxidation sites excluding steroid dienone is 5. The molecule has 45 valence electrons. The third-order valence-corrected chi connectivity index (χ3v) is 0.948. The summed E-state index contributed by atoms with van der Waals surface area (Å²) in [6, 6.07) is 0. The standard InChI is InChI=1S/C8H8N/c1-8-6-4-2-3-5-7-9-8/h2-7H,1H2. The van der Waals surface area contributed by atoms with Gasteiger partial charge in [-0.3, -0.25) is 4.99 Å². The Morgan fingerprint density at radius 1 is 1.11 bits per heavy atom. The molecular formula is C8H8N. The average molecular weight is 118 g/mol. The van der Waals surface area contributed by atoms with Crippen LogP contribution in [0.4, 0.5) is 0 Å². The Morgan fingerprint density at radius 2 is 1.89 bits per heavy atom. The van der Waals surface area contributed by atoms with Gasteiger partial charge < -0.3 is 0 Å². The minimum atomic E-state index is 0.788. The lowest BCUT2D eigenvalue weighted by atomic mass is 10.3. The van der Waals surface area contributed by atoms with Gasteiger partial charge in [0.05, 0.1) is 0 Å². The monoisotopic (exact) mass is 118 g/mol. The maximum Gasteiger partial charge on any atom is 0.0407 e. The molecule has 0 amide bonds. The lowest BCUT2D eigenvalue weighted by molar-refractivity contribution is 1.56. The van der Waals surface area contributed by atoms with Crippen LogP contribution in [-0.2, 0) is 0 Å². The molecule has 1 nitrogen and oxygen atoms in total. The van der Waals surface area contributed by atoms with Crippen molar-refractivity contribution in [2.75, 3.05) is 0 Å². The molecule has 1 heteroatoms. The Morgan fingerprint density at radius 3 is 2.78 bits per heavy atom. The quantitative estimate of drug-likeness (QED) is 0.460. The molecule has 9 heavy (non-hydrogen) atoms. The second-order valence-corrected chi connectivity index (χ2v) is 1.71. The summed E-state index contributed by atoms with van der Waals surface area (Å²) < 4.78 is 0. The first-order valence-electron chi connectivity index (χ1n) is 2.79. The highest BCUT2D eigenvalue weighted by Gasteiger charge is 1.78. The predicted octanol–water partition coefficient (Wildman–Crippen LogP) is 1.90. The van der Waals surface area contributed by atoms with Gasteiger partial charge in [0.2, 0.25) is 0 Å². The number of aliphatic imine (C=N–C) groups is 1. The van der Waals surface area contributed by atoms with Crippen LogP contribution in [0.15, 0.2) is 41.6 Å². The maximum absolute atomic E-state index is 3.97. The van der Waals surface area contributed by atoms with Crippen LogP contribution in [0.5, 0.6) is 0 Å². The van der Waals surface area contributed by atoms with Gasteiger partial charge in [-0.05, 0) is 19.1 Å². The van der Waals surface area contributed by atoms with Crippen LogP contribution >= 0.6 is 0 Å². The SMILES string of the molecule is [CH2]C1=NC=CC=CC=C1. The van der Waals surface area contributed by atoms with Gasteiger partial charge in [0, 0.05) is 11.9 Å². The number of hydrogen-bond acceptors (Lipinski definition) is 1. The van der Waals surface area contributed by atoms with Crippen LogP contribution in [-0.4, -0.2) is 5.71 Å². The van der Waals surface area contributed by atoms with Gasteiger partial charge in [-0.1, -0.05) is 18.2 Å². The smallest absolute Gasteiger partial charge is 0.0407 e. The minimum absolute atomic E-state index is 0.788. The maximum atomic E-state index is 3.97. The van der Waals surface area contributed by atoms with Crippen LogP contribution in [0.25, 0.3) is 0 Å². The van der Waals surface area contributed by atoms with E-state index in [4.69, 9.17) is 0 Å². The van der Waals surface area contributed by atoms with Crippen molar-refractivity contribution in [3.63, 3.8) is 0 Å². The highest BCUT2D eigenvalue weighted by Crippen LogP contribution is 1.89. The summed E-state index contributed by atoms with van der Waals surface area (Å²) >= 11 is 0. The number of nitrogens with zero attached hydrogens (tertiary/aromatic N) is 1. The average Bonchev–Trinajstić information content (AvgIpc) is 1.79. The molecule has 0 spiro atoms. The Hall–Kier alpha value is -1.11. The molecule has 0 aromatic rings. The molecule has 0 aromatic heterocycles. The first-order valence-corrected chi connectivity index (χ1v) is 2.79. The van der Waals surface area contributed by atoms with Crippen molar-refractivity contribution < 1.29 is 0 Å². The highest BCUT2D eigenvalue weighted by molar-refractivity contribution is 5.99. The molecule has 1 radical (unpaired) electrons. The zero-order valence-corrected chi connectivity index (χ0v) is 5.12. The van der Waals surface area contributed by atoms with E-state index in [0.717, 1.165) is 5.71 Å². The summed E-state index contributed by atoms with van der Waals surface area (Å²) in [6.07, 6.45) is 11.2. The minimum Gasteiger partial charge on any atom is -0.261 e. The lowest BCUT2D eigenvalue weighted by Crippen LogP contribution is -1.82. The van der Waals surface area contributed by atoms with E-state index in [-0.39, 0.29) is 0 Å². The van der Waals surface area contributed by atoms with Crippen molar-refractivity contribution in [3.8, 4) is 0 Å². The summed E-state index contributed by atoms with van der Waals surface area (Å²) in [5.74, 6) is 0. The second-order valence-electron chi connectivity index (χ2n) is 1.71. The number of hydrogen-bond donors (Lipinski definition) is 0. The third-order valence-electron chi connectivity index (χ3n) is 0.948. The molecule has 0 aliphatic carbocycles. The van der Waals surface area contributed by atoms with Crippen LogP contribution in [0.3, 0.4) is 0 Å². The van der Waals surface area contributed by atoms with Gasteiger partial charge in [0.1, 0.15) is 0 Å². The van der Waals surface area contributed by atoms with Gasteiger partial charge in [0.25, 0.3) is 0 Å². The molecule has 0 unspecified atom stereocenters. The summed E-state index contributed by atoms with van der Waals surface area (Å²) in [4.78, 5) is 3.97. The summed E-state index contributed by atoms with van der Waals surface area (Å²) in [6.45, 7) is 3.68. The molecule has 0 N–H and O–H groups in total. The zero-order valence-electron chi connectivity index (χ0n) is 5.12. The molecule has 0 fully saturated rings. The third kappa shape index (κ3) is 2.08. The van der Waals surface area contributed by atoms with E-state index in [1.807, 2.05) is 30.4 Å². The van der Waals surface area contributed by atoms with Gasteiger partial charge in [-0.15, -0.1) is 0 Å². The highest BCUT2D eigenvalue weighted by atomic mass is 14.7. The van der Waals surface area contributed by atoms with Gasteiger partial charge in [0.15, 0.2) is 0 Å². The summed E-state index contributed by atoms with van der Waals surface area (Å²) in [5.41, 5.74) is 0.788. The molecule has 0 saturated heterocycles. The Balaban J connectivity index is 2.77. The van der Waals surface area contributed by atoms with Gasteiger partial charge in [-0.2, -0.15) is 0 Å². The zero-order chi connectivity index (χ0) is 6.53. The Labute approximate surface area is 55.1 Å². The fourth-order valence-electron chi connectivity index (χ4n) is 0.526. The molecule has 1 heterocycles. The predicted molar refractivity (Wildman–Crippen MR) is 40.2 cm³/mol. The first-order chi connectivity index (χ1) is 4.39. The first kappa shape index (κ1) is 6.02. The second kappa shape index (κ2) is 3.02. The van der Waals surface area contributed by atoms with E-state index in [9.17, 15) is 0 Å². The van der Waals surface area contributed by atoms with Crippen LogP contribution in [0.2, 0.25) is 0 Å². The van der Waals surface area contributed by atoms with E-state index in [2.05, 4.69) is 11.9 Å². The van der Waals surface area contributed by atoms with Crippen molar-refractivity contribution in [2.45, 2.75) is 0 Å². The van der Waals surface area contributed by atoms with Crippen LogP contribution < -0.4 is 0 Å². The van der Waals surface area contributed by atoms with E-state index < -0.39 is 0 Å². The van der Waals surface area contributed by atoms with Crippen LogP contribution in [0.1, 0.15) is 0 Å². The van der Waals surface area contributed by atoms with Gasteiger partial charge >= 0.3 is 0 Å². The van der Waals surface area contributed by atoms with E-state index in [1.54, 1.807) is 6.20 Å². The van der Waals surface area contributed by atoms with Crippen molar-refractivity contribution in [2.24, 2.45) is 4.99 Å². The van der Waals surface area contributed by atoms with Crippen molar-refractivity contribution in [1.29, 1.82) is 0 Å². The van der Waals surface area contributed by atoms with Crippen LogP contribution in [0, 0.1) is 6.92 Å². The van der Waals surface area contributed by atoms with E-state index >= 15 is 0 Å².